The second kappa shape index (κ2) is 9.26. The van der Waals surface area contributed by atoms with E-state index in [9.17, 15) is 27.6 Å². The van der Waals surface area contributed by atoms with Crippen LogP contribution in [0, 0.1) is 5.92 Å². The lowest BCUT2D eigenvalue weighted by Gasteiger charge is -2.21. The number of pyridine rings is 1. The number of rotatable bonds is 7. The molecule has 10 heteroatoms. The number of alkyl halides is 3. The summed E-state index contributed by atoms with van der Waals surface area (Å²) in [5.74, 6) is -1.36. The second-order valence-electron chi connectivity index (χ2n) is 6.51. The van der Waals surface area contributed by atoms with Gasteiger partial charge in [-0.2, -0.15) is 13.2 Å². The summed E-state index contributed by atoms with van der Waals surface area (Å²) in [5.41, 5.74) is -2.58. The molecule has 2 rings (SSSR count). The Morgan fingerprint density at radius 1 is 1.17 bits per heavy atom. The first-order valence-electron chi connectivity index (χ1n) is 8.66. The lowest BCUT2D eigenvalue weighted by Crippen LogP contribution is -2.49. The van der Waals surface area contributed by atoms with E-state index in [4.69, 9.17) is 4.74 Å². The number of aromatic amines is 1. The normalized spacial score (nSPS) is 12.3. The molecule has 0 radical (unpaired) electrons. The van der Waals surface area contributed by atoms with Gasteiger partial charge in [-0.3, -0.25) is 14.4 Å². The number of halogens is 3. The van der Waals surface area contributed by atoms with E-state index in [1.807, 2.05) is 4.98 Å². The number of carbonyl (C=O) groups is 2. The fourth-order valence-corrected chi connectivity index (χ4v) is 2.37. The quantitative estimate of drug-likeness (QED) is 0.652. The third-order valence-corrected chi connectivity index (χ3v) is 3.87. The van der Waals surface area contributed by atoms with Crippen LogP contribution in [0.5, 0.6) is 5.75 Å². The van der Waals surface area contributed by atoms with Crippen LogP contribution in [0.15, 0.2) is 47.4 Å². The first-order chi connectivity index (χ1) is 13.6. The van der Waals surface area contributed by atoms with Crippen molar-refractivity contribution in [2.75, 3.05) is 11.9 Å². The van der Waals surface area contributed by atoms with Crippen molar-refractivity contribution in [1.82, 2.24) is 10.3 Å². The van der Waals surface area contributed by atoms with Crippen molar-refractivity contribution in [3.63, 3.8) is 0 Å². The average Bonchev–Trinajstić information content (AvgIpc) is 2.65. The molecule has 0 saturated heterocycles. The SMILES string of the molecule is CC(C)C(NC(=O)COc1ccccc1)C(=O)Nc1cc(C(F)(F)F)c[nH]c1=O. The predicted molar refractivity (Wildman–Crippen MR) is 99.4 cm³/mol. The molecule has 1 unspecified atom stereocenters. The molecule has 1 aromatic carbocycles. The average molecular weight is 411 g/mol. The Morgan fingerprint density at radius 2 is 1.83 bits per heavy atom. The number of H-pyrrole nitrogens is 1. The molecule has 1 aromatic heterocycles. The molecule has 0 aliphatic rings. The third kappa shape index (κ3) is 6.37. The van der Waals surface area contributed by atoms with Crippen molar-refractivity contribution in [3.05, 3.63) is 58.5 Å². The van der Waals surface area contributed by atoms with Crippen LogP contribution in [-0.4, -0.2) is 29.4 Å². The fraction of sp³-hybridized carbons (Fsp3) is 0.316. The Morgan fingerprint density at radius 3 is 2.41 bits per heavy atom. The van der Waals surface area contributed by atoms with Crippen LogP contribution < -0.4 is 20.9 Å². The number of aromatic nitrogens is 1. The molecular weight excluding hydrogens is 391 g/mol. The fourth-order valence-electron chi connectivity index (χ4n) is 2.37. The van der Waals surface area contributed by atoms with E-state index < -0.39 is 46.8 Å². The number of para-hydroxylation sites is 1. The number of hydrogen-bond acceptors (Lipinski definition) is 4. The van der Waals surface area contributed by atoms with Gasteiger partial charge in [0, 0.05) is 6.20 Å². The van der Waals surface area contributed by atoms with Gasteiger partial charge < -0.3 is 20.4 Å². The Balaban J connectivity index is 2.06. The van der Waals surface area contributed by atoms with E-state index in [-0.39, 0.29) is 6.61 Å². The summed E-state index contributed by atoms with van der Waals surface area (Å²) >= 11 is 0. The van der Waals surface area contributed by atoms with Crippen LogP contribution in [0.25, 0.3) is 0 Å². The van der Waals surface area contributed by atoms with Gasteiger partial charge in [-0.05, 0) is 24.1 Å². The number of benzene rings is 1. The van der Waals surface area contributed by atoms with Gasteiger partial charge in [0.1, 0.15) is 17.5 Å². The van der Waals surface area contributed by atoms with Crippen LogP contribution in [-0.2, 0) is 15.8 Å². The Bertz CT molecular complexity index is 911. The van der Waals surface area contributed by atoms with E-state index in [2.05, 4.69) is 10.6 Å². The summed E-state index contributed by atoms with van der Waals surface area (Å²) in [6, 6.07) is 7.99. The van der Waals surface area contributed by atoms with Gasteiger partial charge in [-0.15, -0.1) is 0 Å². The highest BCUT2D eigenvalue weighted by molar-refractivity contribution is 5.97. The minimum atomic E-state index is -4.69. The highest BCUT2D eigenvalue weighted by atomic mass is 19.4. The summed E-state index contributed by atoms with van der Waals surface area (Å²) in [7, 11) is 0. The molecule has 156 valence electrons. The monoisotopic (exact) mass is 411 g/mol. The third-order valence-electron chi connectivity index (χ3n) is 3.87. The molecule has 0 fully saturated rings. The van der Waals surface area contributed by atoms with Gasteiger partial charge in [0.25, 0.3) is 11.5 Å². The number of amides is 2. The number of nitrogens with one attached hydrogen (secondary N) is 3. The molecule has 3 N–H and O–H groups in total. The molecule has 7 nitrogen and oxygen atoms in total. The van der Waals surface area contributed by atoms with Crippen LogP contribution >= 0.6 is 0 Å². The number of carbonyl (C=O) groups excluding carboxylic acids is 2. The maximum atomic E-state index is 12.8. The van der Waals surface area contributed by atoms with Crippen LogP contribution in [0.2, 0.25) is 0 Å². The van der Waals surface area contributed by atoms with Crippen molar-refractivity contribution in [1.29, 1.82) is 0 Å². The van der Waals surface area contributed by atoms with Gasteiger partial charge in [0.15, 0.2) is 6.61 Å². The molecule has 0 spiro atoms. The second-order valence-corrected chi connectivity index (χ2v) is 6.51. The van der Waals surface area contributed by atoms with Crippen LogP contribution in [0.4, 0.5) is 18.9 Å². The van der Waals surface area contributed by atoms with Crippen molar-refractivity contribution >= 4 is 17.5 Å². The number of anilines is 1. The highest BCUT2D eigenvalue weighted by Gasteiger charge is 2.32. The standard InChI is InChI=1S/C19H20F3N3O4/c1-11(2)16(25-15(26)10-29-13-6-4-3-5-7-13)18(28)24-14-8-12(19(20,21)22)9-23-17(14)27/h3-9,11,16H,10H2,1-2H3,(H,23,27)(H,24,28)(H,25,26). The van der Waals surface area contributed by atoms with E-state index >= 15 is 0 Å². The largest absolute Gasteiger partial charge is 0.484 e. The van der Waals surface area contributed by atoms with E-state index in [0.29, 0.717) is 18.0 Å². The van der Waals surface area contributed by atoms with Crippen LogP contribution in [0.3, 0.4) is 0 Å². The van der Waals surface area contributed by atoms with E-state index in [1.165, 1.54) is 0 Å². The predicted octanol–water partition coefficient (Wildman–Crippen LogP) is 2.55. The summed E-state index contributed by atoms with van der Waals surface area (Å²) in [6.45, 7) is 2.92. The van der Waals surface area contributed by atoms with Gasteiger partial charge in [0.2, 0.25) is 5.91 Å². The first kappa shape index (κ1) is 22.0. The van der Waals surface area contributed by atoms with Gasteiger partial charge >= 0.3 is 6.18 Å². The van der Waals surface area contributed by atoms with E-state index in [0.717, 1.165) is 0 Å². The molecule has 0 bridgehead atoms. The minimum absolute atomic E-state index is 0.356. The molecule has 0 saturated carbocycles. The molecule has 1 heterocycles. The minimum Gasteiger partial charge on any atom is -0.484 e. The molecule has 0 aliphatic carbocycles. The highest BCUT2D eigenvalue weighted by Crippen LogP contribution is 2.29. The lowest BCUT2D eigenvalue weighted by atomic mass is 10.0. The number of hydrogen-bond donors (Lipinski definition) is 3. The summed E-state index contributed by atoms with van der Waals surface area (Å²) < 4.78 is 43.7. The first-order valence-corrected chi connectivity index (χ1v) is 8.66. The van der Waals surface area contributed by atoms with Crippen molar-refractivity contribution in [3.8, 4) is 5.75 Å². The van der Waals surface area contributed by atoms with Crippen molar-refractivity contribution < 1.29 is 27.5 Å². The topological polar surface area (TPSA) is 100 Å². The van der Waals surface area contributed by atoms with Gasteiger partial charge in [0.05, 0.1) is 5.56 Å². The zero-order chi connectivity index (χ0) is 21.6. The van der Waals surface area contributed by atoms with E-state index in [1.54, 1.807) is 44.2 Å². The molecular formula is C19H20F3N3O4. The van der Waals surface area contributed by atoms with Crippen molar-refractivity contribution in [2.45, 2.75) is 26.1 Å². The zero-order valence-electron chi connectivity index (χ0n) is 15.7. The summed E-state index contributed by atoms with van der Waals surface area (Å²) in [5, 5.41) is 4.61. The van der Waals surface area contributed by atoms with Crippen LogP contribution in [0.1, 0.15) is 19.4 Å². The smallest absolute Gasteiger partial charge is 0.417 e. The van der Waals surface area contributed by atoms with Crippen molar-refractivity contribution in [2.24, 2.45) is 5.92 Å². The Kier molecular flexibility index (Phi) is 7.03. The van der Waals surface area contributed by atoms with Gasteiger partial charge in [-0.1, -0.05) is 32.0 Å². The number of ether oxygens (including phenoxy) is 1. The molecule has 0 aliphatic heterocycles. The molecule has 29 heavy (non-hydrogen) atoms. The molecule has 2 aromatic rings. The molecule has 2 amide bonds. The summed E-state index contributed by atoms with van der Waals surface area (Å²) in [6.07, 6.45) is -4.18. The lowest BCUT2D eigenvalue weighted by molar-refractivity contribution is -0.137. The molecule has 1 atom stereocenters. The van der Waals surface area contributed by atoms with Gasteiger partial charge in [-0.25, -0.2) is 0 Å². The maximum absolute atomic E-state index is 12.8. The Hall–Kier alpha value is -3.30. The Labute approximate surface area is 164 Å². The summed E-state index contributed by atoms with van der Waals surface area (Å²) in [4.78, 5) is 38.3. The maximum Gasteiger partial charge on any atom is 0.417 e. The zero-order valence-corrected chi connectivity index (χ0v) is 15.7.